The van der Waals surface area contributed by atoms with Gasteiger partial charge in [-0.25, -0.2) is 0 Å². The molecule has 0 spiro atoms. The van der Waals surface area contributed by atoms with Crippen LogP contribution < -0.4 is 0 Å². The third kappa shape index (κ3) is 3.30. The molecule has 0 unspecified atom stereocenters. The van der Waals surface area contributed by atoms with Crippen molar-refractivity contribution in [2.75, 3.05) is 14.2 Å². The molecule has 0 saturated heterocycles. The van der Waals surface area contributed by atoms with Crippen molar-refractivity contribution in [1.82, 2.24) is 0 Å². The third-order valence-corrected chi connectivity index (χ3v) is 6.26. The maximum Gasteiger partial charge on any atom is 0.327 e. The molecular weight excluding hydrogens is 204 g/mol. The van der Waals surface area contributed by atoms with E-state index in [0.29, 0.717) is 5.04 Å². The van der Waals surface area contributed by atoms with Crippen LogP contribution in [0.1, 0.15) is 52.4 Å². The molecule has 0 aromatic rings. The van der Waals surface area contributed by atoms with E-state index in [1.54, 1.807) is 0 Å². The van der Waals surface area contributed by atoms with E-state index in [1.165, 1.54) is 38.5 Å². The lowest BCUT2D eigenvalue weighted by atomic mass is 9.82. The van der Waals surface area contributed by atoms with Crippen LogP contribution in [0.5, 0.6) is 0 Å². The van der Waals surface area contributed by atoms with Crippen LogP contribution in [-0.2, 0) is 8.85 Å². The number of hydrogen-bond donors (Lipinski definition) is 0. The highest BCUT2D eigenvalue weighted by atomic mass is 28.3. The zero-order valence-electron chi connectivity index (χ0n) is 10.7. The van der Waals surface area contributed by atoms with Crippen LogP contribution in [0.4, 0.5) is 0 Å². The summed E-state index contributed by atoms with van der Waals surface area (Å²) in [5.41, 5.74) is 0. The first-order chi connectivity index (χ1) is 7.14. The minimum Gasteiger partial charge on any atom is -0.400 e. The Morgan fingerprint density at radius 1 is 1.07 bits per heavy atom. The SMILES string of the molecule is CO[SiH](OC)C1(CC(C)C)CCCCC1. The summed E-state index contributed by atoms with van der Waals surface area (Å²) in [5, 5.41) is 0.413. The fraction of sp³-hybridized carbons (Fsp3) is 1.00. The van der Waals surface area contributed by atoms with E-state index < -0.39 is 9.28 Å². The Labute approximate surface area is 96.2 Å². The Kier molecular flexibility index (Phi) is 5.30. The first-order valence-electron chi connectivity index (χ1n) is 6.20. The van der Waals surface area contributed by atoms with Crippen molar-refractivity contribution in [3.63, 3.8) is 0 Å². The molecule has 15 heavy (non-hydrogen) atoms. The van der Waals surface area contributed by atoms with Gasteiger partial charge in [-0.3, -0.25) is 0 Å². The predicted octanol–water partition coefficient (Wildman–Crippen LogP) is 3.25. The summed E-state index contributed by atoms with van der Waals surface area (Å²) in [5.74, 6) is 0.753. The maximum atomic E-state index is 5.66. The normalized spacial score (nSPS) is 21.2. The van der Waals surface area contributed by atoms with Gasteiger partial charge in [0, 0.05) is 19.3 Å². The van der Waals surface area contributed by atoms with Crippen LogP contribution in [0.25, 0.3) is 0 Å². The van der Waals surface area contributed by atoms with Crippen molar-refractivity contribution < 1.29 is 8.85 Å². The molecule has 2 nitrogen and oxygen atoms in total. The molecule has 0 atom stereocenters. The highest BCUT2D eigenvalue weighted by Gasteiger charge is 2.43. The summed E-state index contributed by atoms with van der Waals surface area (Å²) in [4.78, 5) is 0. The molecule has 0 bridgehead atoms. The van der Waals surface area contributed by atoms with Gasteiger partial charge in [0.05, 0.1) is 0 Å². The van der Waals surface area contributed by atoms with E-state index in [9.17, 15) is 0 Å². The Morgan fingerprint density at radius 2 is 1.60 bits per heavy atom. The van der Waals surface area contributed by atoms with Gasteiger partial charge < -0.3 is 8.85 Å². The van der Waals surface area contributed by atoms with Gasteiger partial charge >= 0.3 is 9.28 Å². The van der Waals surface area contributed by atoms with Crippen LogP contribution in [0.2, 0.25) is 5.04 Å². The fourth-order valence-corrected chi connectivity index (χ4v) is 5.94. The van der Waals surface area contributed by atoms with Crippen LogP contribution in [0, 0.1) is 5.92 Å². The van der Waals surface area contributed by atoms with Crippen molar-refractivity contribution >= 4 is 9.28 Å². The lowest BCUT2D eigenvalue weighted by molar-refractivity contribution is 0.193. The molecule has 1 saturated carbocycles. The summed E-state index contributed by atoms with van der Waals surface area (Å²) < 4.78 is 11.3. The third-order valence-electron chi connectivity index (χ3n) is 3.59. The zero-order valence-corrected chi connectivity index (χ0v) is 11.9. The van der Waals surface area contributed by atoms with E-state index in [0.717, 1.165) is 5.92 Å². The predicted molar refractivity (Wildman–Crippen MR) is 66.4 cm³/mol. The largest absolute Gasteiger partial charge is 0.400 e. The van der Waals surface area contributed by atoms with Gasteiger partial charge in [0.15, 0.2) is 0 Å². The number of hydrogen-bond acceptors (Lipinski definition) is 2. The molecule has 1 aliphatic rings. The highest BCUT2D eigenvalue weighted by molar-refractivity contribution is 6.48. The first-order valence-corrected chi connectivity index (χ1v) is 7.72. The smallest absolute Gasteiger partial charge is 0.327 e. The van der Waals surface area contributed by atoms with Gasteiger partial charge in [-0.15, -0.1) is 0 Å². The molecule has 0 radical (unpaired) electrons. The van der Waals surface area contributed by atoms with Crippen molar-refractivity contribution in [2.24, 2.45) is 5.92 Å². The lowest BCUT2D eigenvalue weighted by Gasteiger charge is -2.41. The van der Waals surface area contributed by atoms with Crippen LogP contribution >= 0.6 is 0 Å². The second kappa shape index (κ2) is 6.02. The minimum atomic E-state index is -1.47. The van der Waals surface area contributed by atoms with Crippen LogP contribution in [0.15, 0.2) is 0 Å². The summed E-state index contributed by atoms with van der Waals surface area (Å²) in [6, 6.07) is 0. The molecule has 0 aromatic heterocycles. The molecular formula is C12H26O2Si. The van der Waals surface area contributed by atoms with E-state index in [-0.39, 0.29) is 0 Å². The first kappa shape index (κ1) is 13.2. The monoisotopic (exact) mass is 230 g/mol. The van der Waals surface area contributed by atoms with Gasteiger partial charge in [-0.2, -0.15) is 0 Å². The highest BCUT2D eigenvalue weighted by Crippen LogP contribution is 2.50. The minimum absolute atomic E-state index is 0.413. The second-order valence-corrected chi connectivity index (χ2v) is 8.16. The maximum absolute atomic E-state index is 5.66. The Balaban J connectivity index is 2.73. The van der Waals surface area contributed by atoms with Crippen molar-refractivity contribution in [1.29, 1.82) is 0 Å². The molecule has 3 heteroatoms. The Hall–Kier alpha value is 0.137. The van der Waals surface area contributed by atoms with Gasteiger partial charge in [0.2, 0.25) is 0 Å². The van der Waals surface area contributed by atoms with E-state index in [2.05, 4.69) is 13.8 Å². The molecule has 1 fully saturated rings. The average Bonchev–Trinajstić information content (AvgIpc) is 2.19. The van der Waals surface area contributed by atoms with E-state index in [1.807, 2.05) is 14.2 Å². The summed E-state index contributed by atoms with van der Waals surface area (Å²) in [7, 11) is 2.20. The quantitative estimate of drug-likeness (QED) is 0.675. The topological polar surface area (TPSA) is 18.5 Å². The molecule has 0 aromatic carbocycles. The molecule has 0 aliphatic heterocycles. The summed E-state index contributed by atoms with van der Waals surface area (Å²) in [6.07, 6.45) is 8.05. The lowest BCUT2D eigenvalue weighted by Crippen LogP contribution is -2.39. The summed E-state index contributed by atoms with van der Waals surface area (Å²) in [6.45, 7) is 4.63. The second-order valence-electron chi connectivity index (χ2n) is 5.32. The van der Waals surface area contributed by atoms with Crippen LogP contribution in [0.3, 0.4) is 0 Å². The van der Waals surface area contributed by atoms with Gasteiger partial charge in [-0.1, -0.05) is 33.1 Å². The summed E-state index contributed by atoms with van der Waals surface area (Å²) >= 11 is 0. The fourth-order valence-electron chi connectivity index (χ4n) is 3.20. The molecule has 1 aliphatic carbocycles. The Morgan fingerprint density at radius 3 is 2.00 bits per heavy atom. The van der Waals surface area contributed by atoms with Crippen molar-refractivity contribution in [2.45, 2.75) is 57.4 Å². The van der Waals surface area contributed by atoms with Gasteiger partial charge in [-0.05, 0) is 25.2 Å². The zero-order chi connectivity index (χ0) is 11.3. The average molecular weight is 230 g/mol. The van der Waals surface area contributed by atoms with Crippen molar-refractivity contribution in [3.8, 4) is 0 Å². The Bertz CT molecular complexity index is 172. The van der Waals surface area contributed by atoms with E-state index >= 15 is 0 Å². The van der Waals surface area contributed by atoms with E-state index in [4.69, 9.17) is 8.85 Å². The van der Waals surface area contributed by atoms with Gasteiger partial charge in [0.1, 0.15) is 0 Å². The molecule has 90 valence electrons. The molecule has 0 N–H and O–H groups in total. The van der Waals surface area contributed by atoms with Gasteiger partial charge in [0.25, 0.3) is 0 Å². The molecule has 0 amide bonds. The van der Waals surface area contributed by atoms with Crippen molar-refractivity contribution in [3.05, 3.63) is 0 Å². The molecule has 1 rings (SSSR count). The number of rotatable bonds is 5. The molecule has 0 heterocycles. The van der Waals surface area contributed by atoms with Crippen LogP contribution in [-0.4, -0.2) is 23.5 Å². The standard InChI is InChI=1S/C12H26O2Si/c1-11(2)10-12(15(13-3)14-4)8-6-5-7-9-12/h11,15H,5-10H2,1-4H3.